The average Bonchev–Trinajstić information content (AvgIpc) is 3.28. The predicted octanol–water partition coefficient (Wildman–Crippen LogP) is 4.02. The minimum atomic E-state index is -0.0563. The van der Waals surface area contributed by atoms with Gasteiger partial charge < -0.3 is 4.57 Å². The SMILES string of the molecule is Cc1cc(C(=O)CSc2nnc3n(CCC(C)C)c(=O)c4ccccc4n23)c(C)n1C. The predicted molar refractivity (Wildman–Crippen MR) is 124 cm³/mol. The van der Waals surface area contributed by atoms with Gasteiger partial charge in [-0.15, -0.1) is 10.2 Å². The van der Waals surface area contributed by atoms with Crippen LogP contribution in [0.1, 0.15) is 42.0 Å². The summed E-state index contributed by atoms with van der Waals surface area (Å²) in [6, 6.07) is 9.42. The van der Waals surface area contributed by atoms with E-state index in [0.29, 0.717) is 28.8 Å². The molecule has 0 aliphatic carbocycles. The van der Waals surface area contributed by atoms with Crippen molar-refractivity contribution in [3.63, 3.8) is 0 Å². The fraction of sp³-hybridized carbons (Fsp3) is 0.391. The monoisotopic (exact) mass is 437 g/mol. The van der Waals surface area contributed by atoms with Crippen LogP contribution in [-0.2, 0) is 13.6 Å². The lowest BCUT2D eigenvalue weighted by atomic mass is 10.1. The van der Waals surface area contributed by atoms with Gasteiger partial charge in [-0.3, -0.25) is 18.6 Å². The zero-order valence-corrected chi connectivity index (χ0v) is 19.4. The van der Waals surface area contributed by atoms with Crippen molar-refractivity contribution in [2.24, 2.45) is 13.0 Å². The van der Waals surface area contributed by atoms with Gasteiger partial charge in [0.15, 0.2) is 10.9 Å². The lowest BCUT2D eigenvalue weighted by molar-refractivity contribution is 0.102. The highest BCUT2D eigenvalue weighted by Crippen LogP contribution is 2.24. The topological polar surface area (TPSA) is 74.2 Å². The van der Waals surface area contributed by atoms with Crippen LogP contribution in [0.2, 0.25) is 0 Å². The van der Waals surface area contributed by atoms with E-state index in [1.54, 1.807) is 4.57 Å². The highest BCUT2D eigenvalue weighted by molar-refractivity contribution is 7.99. The number of ketones is 1. The zero-order chi connectivity index (χ0) is 22.3. The highest BCUT2D eigenvalue weighted by Gasteiger charge is 2.19. The van der Waals surface area contributed by atoms with Crippen LogP contribution in [0, 0.1) is 19.8 Å². The van der Waals surface area contributed by atoms with Gasteiger partial charge in [0.2, 0.25) is 5.78 Å². The number of thioether (sulfide) groups is 1. The number of hydrogen-bond donors (Lipinski definition) is 0. The molecule has 0 unspecified atom stereocenters. The number of aryl methyl sites for hydroxylation is 2. The second-order valence-corrected chi connectivity index (χ2v) is 9.27. The molecule has 3 aromatic heterocycles. The molecule has 0 N–H and O–H groups in total. The van der Waals surface area contributed by atoms with Crippen LogP contribution in [0.4, 0.5) is 0 Å². The normalized spacial score (nSPS) is 11.8. The van der Waals surface area contributed by atoms with E-state index in [4.69, 9.17) is 0 Å². The standard InChI is InChI=1S/C23H27N5O2S/c1-14(2)10-11-27-21(30)17-8-6-7-9-19(17)28-22(27)24-25-23(28)31-13-20(29)18-12-15(3)26(5)16(18)4/h6-9,12,14H,10-11,13H2,1-5H3. The summed E-state index contributed by atoms with van der Waals surface area (Å²) >= 11 is 1.35. The summed E-state index contributed by atoms with van der Waals surface area (Å²) in [5.74, 6) is 1.29. The summed E-state index contributed by atoms with van der Waals surface area (Å²) in [7, 11) is 1.96. The molecule has 1 aromatic carbocycles. The Bertz CT molecular complexity index is 1350. The fourth-order valence-electron chi connectivity index (χ4n) is 3.76. The van der Waals surface area contributed by atoms with Crippen molar-refractivity contribution >= 4 is 34.2 Å². The van der Waals surface area contributed by atoms with Crippen LogP contribution in [-0.4, -0.2) is 35.3 Å². The number of benzene rings is 1. The summed E-state index contributed by atoms with van der Waals surface area (Å²) in [4.78, 5) is 26.0. The van der Waals surface area contributed by atoms with Gasteiger partial charge in [0.25, 0.3) is 5.56 Å². The summed E-state index contributed by atoms with van der Waals surface area (Å²) in [5, 5.41) is 9.92. The third-order valence-corrected chi connectivity index (χ3v) is 6.75. The number of para-hydroxylation sites is 1. The van der Waals surface area contributed by atoms with E-state index in [2.05, 4.69) is 24.0 Å². The summed E-state index contributed by atoms with van der Waals surface area (Å²) in [5.41, 5.74) is 3.45. The number of Topliss-reactive ketones (excluding diaryl/α,β-unsaturated/α-hetero) is 1. The van der Waals surface area contributed by atoms with E-state index in [0.717, 1.165) is 28.9 Å². The first-order valence-corrected chi connectivity index (χ1v) is 11.4. The zero-order valence-electron chi connectivity index (χ0n) is 18.5. The van der Waals surface area contributed by atoms with Gasteiger partial charge in [-0.2, -0.15) is 0 Å². The summed E-state index contributed by atoms with van der Waals surface area (Å²) in [6.07, 6.45) is 0.869. The maximum atomic E-state index is 13.1. The average molecular weight is 438 g/mol. The molecule has 0 spiro atoms. The van der Waals surface area contributed by atoms with Crippen LogP contribution in [0.3, 0.4) is 0 Å². The quantitative estimate of drug-likeness (QED) is 0.322. The number of carbonyl (C=O) groups excluding carboxylic acids is 1. The van der Waals surface area contributed by atoms with Crippen LogP contribution < -0.4 is 5.56 Å². The highest BCUT2D eigenvalue weighted by atomic mass is 32.2. The molecule has 0 aliphatic heterocycles. The van der Waals surface area contributed by atoms with Crippen LogP contribution in [0.15, 0.2) is 40.3 Å². The van der Waals surface area contributed by atoms with E-state index in [-0.39, 0.29) is 17.1 Å². The maximum Gasteiger partial charge on any atom is 0.262 e. The molecule has 31 heavy (non-hydrogen) atoms. The lowest BCUT2D eigenvalue weighted by Gasteiger charge is -2.12. The third kappa shape index (κ3) is 3.80. The Morgan fingerprint density at radius 1 is 1.16 bits per heavy atom. The van der Waals surface area contributed by atoms with Gasteiger partial charge in [-0.25, -0.2) is 0 Å². The minimum absolute atomic E-state index is 0.0559. The molecule has 7 nitrogen and oxygen atoms in total. The summed E-state index contributed by atoms with van der Waals surface area (Å²) in [6.45, 7) is 8.79. The molecule has 0 saturated heterocycles. The molecular weight excluding hydrogens is 410 g/mol. The Morgan fingerprint density at radius 3 is 2.58 bits per heavy atom. The fourth-order valence-corrected chi connectivity index (χ4v) is 4.58. The first-order valence-electron chi connectivity index (χ1n) is 10.4. The van der Waals surface area contributed by atoms with Crippen molar-refractivity contribution in [3.8, 4) is 0 Å². The van der Waals surface area contributed by atoms with E-state index in [9.17, 15) is 9.59 Å². The van der Waals surface area contributed by atoms with Crippen LogP contribution in [0.5, 0.6) is 0 Å². The molecule has 0 amide bonds. The van der Waals surface area contributed by atoms with E-state index >= 15 is 0 Å². The van der Waals surface area contributed by atoms with Gasteiger partial charge in [-0.1, -0.05) is 37.7 Å². The van der Waals surface area contributed by atoms with Gasteiger partial charge in [0, 0.05) is 30.5 Å². The van der Waals surface area contributed by atoms with Crippen molar-refractivity contribution in [1.29, 1.82) is 0 Å². The van der Waals surface area contributed by atoms with Crippen molar-refractivity contribution in [1.82, 2.24) is 23.7 Å². The molecule has 4 aromatic rings. The Kier molecular flexibility index (Phi) is 5.75. The Morgan fingerprint density at radius 2 is 1.90 bits per heavy atom. The number of carbonyl (C=O) groups is 1. The molecule has 3 heterocycles. The van der Waals surface area contributed by atoms with Crippen molar-refractivity contribution in [3.05, 3.63) is 57.6 Å². The number of hydrogen-bond acceptors (Lipinski definition) is 5. The minimum Gasteiger partial charge on any atom is -0.351 e. The van der Waals surface area contributed by atoms with Crippen molar-refractivity contribution < 1.29 is 4.79 Å². The second kappa shape index (κ2) is 8.34. The molecule has 162 valence electrons. The largest absolute Gasteiger partial charge is 0.351 e. The smallest absolute Gasteiger partial charge is 0.262 e. The summed E-state index contributed by atoms with van der Waals surface area (Å²) < 4.78 is 5.62. The Balaban J connectivity index is 1.74. The molecule has 0 saturated carbocycles. The van der Waals surface area contributed by atoms with E-state index in [1.165, 1.54) is 11.8 Å². The lowest BCUT2D eigenvalue weighted by Crippen LogP contribution is -2.24. The van der Waals surface area contributed by atoms with Gasteiger partial charge >= 0.3 is 0 Å². The number of fused-ring (bicyclic) bond motifs is 3. The molecular formula is C23H27N5O2S. The number of nitrogens with zero attached hydrogens (tertiary/aromatic N) is 5. The Labute approximate surface area is 185 Å². The molecule has 0 aliphatic rings. The molecule has 0 fully saturated rings. The third-order valence-electron chi connectivity index (χ3n) is 5.82. The second-order valence-electron chi connectivity index (χ2n) is 8.33. The molecule has 0 atom stereocenters. The maximum absolute atomic E-state index is 13.1. The van der Waals surface area contributed by atoms with Gasteiger partial charge in [0.1, 0.15) is 0 Å². The van der Waals surface area contributed by atoms with Gasteiger partial charge in [-0.05, 0) is 44.4 Å². The first-order chi connectivity index (χ1) is 14.8. The first kappa shape index (κ1) is 21.4. The van der Waals surface area contributed by atoms with Crippen LogP contribution in [0.25, 0.3) is 16.7 Å². The van der Waals surface area contributed by atoms with Gasteiger partial charge in [0.05, 0.1) is 16.7 Å². The van der Waals surface area contributed by atoms with Crippen molar-refractivity contribution in [2.45, 2.75) is 45.8 Å². The molecule has 0 bridgehead atoms. The van der Waals surface area contributed by atoms with Crippen LogP contribution >= 0.6 is 11.8 Å². The molecule has 8 heteroatoms. The number of rotatable bonds is 7. The van der Waals surface area contributed by atoms with E-state index in [1.807, 2.05) is 60.2 Å². The Hall–Kier alpha value is -2.87. The number of aromatic nitrogens is 5. The molecule has 0 radical (unpaired) electrons. The van der Waals surface area contributed by atoms with Crippen molar-refractivity contribution in [2.75, 3.05) is 5.75 Å². The van der Waals surface area contributed by atoms with E-state index < -0.39 is 0 Å². The molecule has 4 rings (SSSR count).